The van der Waals surface area contributed by atoms with Crippen LogP contribution in [0, 0.1) is 13.8 Å². The summed E-state index contributed by atoms with van der Waals surface area (Å²) in [7, 11) is 1.87. The molecule has 1 fully saturated rings. The lowest BCUT2D eigenvalue weighted by molar-refractivity contribution is -0.136. The third-order valence-electron chi connectivity index (χ3n) is 3.60. The lowest BCUT2D eigenvalue weighted by Crippen LogP contribution is -2.53. The van der Waals surface area contributed by atoms with Crippen LogP contribution in [0.2, 0.25) is 0 Å². The van der Waals surface area contributed by atoms with E-state index in [1.54, 1.807) is 4.68 Å². The summed E-state index contributed by atoms with van der Waals surface area (Å²) in [5.41, 5.74) is 1.76. The first-order chi connectivity index (χ1) is 9.00. The van der Waals surface area contributed by atoms with Crippen molar-refractivity contribution in [1.82, 2.24) is 20.0 Å². The number of rotatable bonds is 3. The zero-order chi connectivity index (χ0) is 14.0. The van der Waals surface area contributed by atoms with Gasteiger partial charge in [-0.25, -0.2) is 0 Å². The van der Waals surface area contributed by atoms with Crippen molar-refractivity contribution in [1.29, 1.82) is 0 Å². The topological polar surface area (TPSA) is 59.4 Å². The van der Waals surface area contributed by atoms with E-state index in [-0.39, 0.29) is 18.6 Å². The fourth-order valence-corrected chi connectivity index (χ4v) is 2.39. The molecule has 1 atom stereocenters. The number of hydrogen-bond donors (Lipinski definition) is 1. The molecule has 0 aliphatic carbocycles. The van der Waals surface area contributed by atoms with E-state index in [9.17, 15) is 4.79 Å². The van der Waals surface area contributed by atoms with Gasteiger partial charge in [-0.05, 0) is 20.8 Å². The Morgan fingerprint density at radius 2 is 2.26 bits per heavy atom. The molecule has 0 bridgehead atoms. The highest BCUT2D eigenvalue weighted by molar-refractivity contribution is 5.78. The molecule has 1 amide bonds. The number of hydrogen-bond acceptors (Lipinski definition) is 4. The van der Waals surface area contributed by atoms with Crippen LogP contribution in [0.4, 0.5) is 0 Å². The van der Waals surface area contributed by atoms with Crippen LogP contribution in [0.1, 0.15) is 18.3 Å². The third-order valence-corrected chi connectivity index (χ3v) is 3.60. The summed E-state index contributed by atoms with van der Waals surface area (Å²) >= 11 is 0. The summed E-state index contributed by atoms with van der Waals surface area (Å²) in [5, 5.41) is 7.54. The monoisotopic (exact) mass is 266 g/mol. The van der Waals surface area contributed by atoms with Crippen LogP contribution in [0.25, 0.3) is 0 Å². The molecule has 0 spiro atoms. The Bertz CT molecular complexity index is 469. The van der Waals surface area contributed by atoms with Crippen molar-refractivity contribution in [2.45, 2.75) is 26.8 Å². The number of nitrogens with one attached hydrogen (secondary N) is 1. The molecule has 0 radical (unpaired) electrons. The van der Waals surface area contributed by atoms with Crippen molar-refractivity contribution >= 4 is 5.91 Å². The van der Waals surface area contributed by atoms with Gasteiger partial charge in [0.05, 0.1) is 5.69 Å². The first-order valence-electron chi connectivity index (χ1n) is 6.64. The summed E-state index contributed by atoms with van der Waals surface area (Å²) in [4.78, 5) is 14.0. The molecule has 19 heavy (non-hydrogen) atoms. The first-order valence-corrected chi connectivity index (χ1v) is 6.64. The summed E-state index contributed by atoms with van der Waals surface area (Å²) < 4.78 is 7.42. The standard InChI is InChI=1S/C13H22N4O2/c1-9-7-14-5-6-17(9)12(18)8-19-13-10(2)15-16(4)11(13)3/h9,14H,5-8H2,1-4H3. The molecular formula is C13H22N4O2. The second kappa shape index (κ2) is 5.61. The molecule has 2 heterocycles. The van der Waals surface area contributed by atoms with Crippen molar-refractivity contribution in [2.24, 2.45) is 7.05 Å². The van der Waals surface area contributed by atoms with Crippen LogP contribution in [-0.2, 0) is 11.8 Å². The Morgan fingerprint density at radius 3 is 2.84 bits per heavy atom. The molecule has 1 unspecified atom stereocenters. The van der Waals surface area contributed by atoms with E-state index in [1.165, 1.54) is 0 Å². The minimum Gasteiger partial charge on any atom is -0.480 e. The van der Waals surface area contributed by atoms with Crippen LogP contribution in [0.5, 0.6) is 5.75 Å². The number of aromatic nitrogens is 2. The molecule has 6 nitrogen and oxygen atoms in total. The van der Waals surface area contributed by atoms with E-state index < -0.39 is 0 Å². The van der Waals surface area contributed by atoms with Crippen LogP contribution < -0.4 is 10.1 Å². The molecule has 1 N–H and O–H groups in total. The van der Waals surface area contributed by atoms with Crippen LogP contribution >= 0.6 is 0 Å². The van der Waals surface area contributed by atoms with Gasteiger partial charge in [0.2, 0.25) is 0 Å². The van der Waals surface area contributed by atoms with E-state index >= 15 is 0 Å². The van der Waals surface area contributed by atoms with Gasteiger partial charge in [0.1, 0.15) is 5.69 Å². The molecule has 1 saturated heterocycles. The van der Waals surface area contributed by atoms with Crippen molar-refractivity contribution < 1.29 is 9.53 Å². The van der Waals surface area contributed by atoms with Crippen molar-refractivity contribution in [3.8, 4) is 5.75 Å². The maximum absolute atomic E-state index is 12.2. The average Bonchev–Trinajstić information content (AvgIpc) is 2.61. The second-order valence-corrected chi connectivity index (χ2v) is 5.05. The Hall–Kier alpha value is -1.56. The molecule has 1 aromatic rings. The predicted molar refractivity (Wildman–Crippen MR) is 72.2 cm³/mol. The zero-order valence-electron chi connectivity index (χ0n) is 12.1. The van der Waals surface area contributed by atoms with Crippen molar-refractivity contribution in [2.75, 3.05) is 26.2 Å². The van der Waals surface area contributed by atoms with Gasteiger partial charge in [0.15, 0.2) is 12.4 Å². The van der Waals surface area contributed by atoms with E-state index in [2.05, 4.69) is 10.4 Å². The van der Waals surface area contributed by atoms with Crippen LogP contribution in [0.3, 0.4) is 0 Å². The molecule has 0 aromatic carbocycles. The molecular weight excluding hydrogens is 244 g/mol. The molecule has 1 aromatic heterocycles. The fraction of sp³-hybridized carbons (Fsp3) is 0.692. The number of amides is 1. The van der Waals surface area contributed by atoms with E-state index in [1.807, 2.05) is 32.7 Å². The highest BCUT2D eigenvalue weighted by Crippen LogP contribution is 2.21. The predicted octanol–water partition coefficient (Wildman–Crippen LogP) is 0.236. The maximum atomic E-state index is 12.2. The lowest BCUT2D eigenvalue weighted by Gasteiger charge is -2.33. The summed E-state index contributed by atoms with van der Waals surface area (Å²) in [6.07, 6.45) is 0. The summed E-state index contributed by atoms with van der Waals surface area (Å²) in [6, 6.07) is 0.223. The normalized spacial score (nSPS) is 19.6. The average molecular weight is 266 g/mol. The van der Waals surface area contributed by atoms with Gasteiger partial charge in [-0.1, -0.05) is 0 Å². The Balaban J connectivity index is 1.96. The Kier molecular flexibility index (Phi) is 4.09. The third kappa shape index (κ3) is 2.89. The number of nitrogens with zero attached hydrogens (tertiary/aromatic N) is 3. The smallest absolute Gasteiger partial charge is 0.260 e. The van der Waals surface area contributed by atoms with Gasteiger partial charge in [0, 0.05) is 32.7 Å². The summed E-state index contributed by atoms with van der Waals surface area (Å²) in [6.45, 7) is 8.39. The van der Waals surface area contributed by atoms with Gasteiger partial charge in [-0.15, -0.1) is 0 Å². The quantitative estimate of drug-likeness (QED) is 0.851. The molecule has 2 rings (SSSR count). The van der Waals surface area contributed by atoms with Gasteiger partial charge in [0.25, 0.3) is 5.91 Å². The number of aryl methyl sites for hydroxylation is 2. The molecule has 1 aliphatic heterocycles. The Labute approximate surface area is 113 Å². The molecule has 1 aliphatic rings. The summed E-state index contributed by atoms with van der Waals surface area (Å²) in [5.74, 6) is 0.760. The van der Waals surface area contributed by atoms with Gasteiger partial charge in [-0.3, -0.25) is 9.48 Å². The van der Waals surface area contributed by atoms with Crippen LogP contribution in [0.15, 0.2) is 0 Å². The van der Waals surface area contributed by atoms with Crippen molar-refractivity contribution in [3.05, 3.63) is 11.4 Å². The van der Waals surface area contributed by atoms with Gasteiger partial charge < -0.3 is 15.0 Å². The van der Waals surface area contributed by atoms with E-state index in [0.717, 1.165) is 36.8 Å². The largest absolute Gasteiger partial charge is 0.480 e. The van der Waals surface area contributed by atoms with Gasteiger partial charge >= 0.3 is 0 Å². The number of carbonyl (C=O) groups is 1. The molecule has 6 heteroatoms. The van der Waals surface area contributed by atoms with Gasteiger partial charge in [-0.2, -0.15) is 5.10 Å². The zero-order valence-corrected chi connectivity index (χ0v) is 12.1. The minimum absolute atomic E-state index is 0.0386. The fourth-order valence-electron chi connectivity index (χ4n) is 2.39. The molecule has 106 valence electrons. The highest BCUT2D eigenvalue weighted by atomic mass is 16.5. The first kappa shape index (κ1) is 13.9. The highest BCUT2D eigenvalue weighted by Gasteiger charge is 2.23. The second-order valence-electron chi connectivity index (χ2n) is 5.05. The number of ether oxygens (including phenoxy) is 1. The molecule has 0 saturated carbocycles. The van der Waals surface area contributed by atoms with Crippen molar-refractivity contribution in [3.63, 3.8) is 0 Å². The lowest BCUT2D eigenvalue weighted by atomic mass is 10.2. The number of piperazine rings is 1. The maximum Gasteiger partial charge on any atom is 0.260 e. The number of carbonyl (C=O) groups excluding carboxylic acids is 1. The van der Waals surface area contributed by atoms with E-state index in [4.69, 9.17) is 4.74 Å². The van der Waals surface area contributed by atoms with Crippen LogP contribution in [-0.4, -0.2) is 52.9 Å². The van der Waals surface area contributed by atoms with E-state index in [0.29, 0.717) is 0 Å². The SMILES string of the molecule is Cc1nn(C)c(C)c1OCC(=O)N1CCNCC1C. The minimum atomic E-state index is 0.0386. The Morgan fingerprint density at radius 1 is 1.53 bits per heavy atom.